The highest BCUT2D eigenvalue weighted by atomic mass is 35.5. The van der Waals surface area contributed by atoms with Crippen LogP contribution in [0.25, 0.3) is 10.9 Å². The molecule has 4 heteroatoms. The number of aromatic nitrogens is 1. The van der Waals surface area contributed by atoms with Crippen LogP contribution in [0.15, 0.2) is 30.5 Å². The Balaban J connectivity index is 1.94. The minimum absolute atomic E-state index is 0.500. The Bertz CT molecular complexity index is 535. The molecule has 2 N–H and O–H groups in total. The van der Waals surface area contributed by atoms with Crippen molar-refractivity contribution in [2.45, 2.75) is 12.5 Å². The molecule has 1 fully saturated rings. The van der Waals surface area contributed by atoms with E-state index in [1.807, 2.05) is 18.2 Å². The first-order valence-electron chi connectivity index (χ1n) is 5.84. The summed E-state index contributed by atoms with van der Waals surface area (Å²) in [4.78, 5) is 4.28. The van der Waals surface area contributed by atoms with Crippen molar-refractivity contribution >= 4 is 28.2 Å². The number of nitrogens with one attached hydrogen (secondary N) is 2. The Morgan fingerprint density at radius 2 is 2.35 bits per heavy atom. The van der Waals surface area contributed by atoms with Gasteiger partial charge in [0.1, 0.15) is 0 Å². The van der Waals surface area contributed by atoms with Gasteiger partial charge in [0.25, 0.3) is 0 Å². The lowest BCUT2D eigenvalue weighted by molar-refractivity contribution is 0.793. The average molecular weight is 248 g/mol. The van der Waals surface area contributed by atoms with Crippen LogP contribution in [0.3, 0.4) is 0 Å². The van der Waals surface area contributed by atoms with Gasteiger partial charge in [-0.25, -0.2) is 0 Å². The fourth-order valence-electron chi connectivity index (χ4n) is 2.24. The maximum atomic E-state index is 6.23. The molecule has 0 spiro atoms. The number of benzene rings is 1. The number of hydrogen-bond donors (Lipinski definition) is 2. The Morgan fingerprint density at radius 3 is 3.18 bits per heavy atom. The SMILES string of the molecule is Clc1cc(NC2CCNC2)cc2cccnc12. The number of nitrogens with zero attached hydrogens (tertiary/aromatic N) is 1. The lowest BCUT2D eigenvalue weighted by Crippen LogP contribution is -2.21. The average Bonchev–Trinajstić information content (AvgIpc) is 2.82. The molecule has 0 bridgehead atoms. The van der Waals surface area contributed by atoms with Gasteiger partial charge in [0.05, 0.1) is 10.5 Å². The Kier molecular flexibility index (Phi) is 2.87. The highest BCUT2D eigenvalue weighted by molar-refractivity contribution is 6.35. The van der Waals surface area contributed by atoms with Crippen molar-refractivity contribution < 1.29 is 0 Å². The number of pyridine rings is 1. The minimum atomic E-state index is 0.500. The van der Waals surface area contributed by atoms with Crippen LogP contribution in [0.5, 0.6) is 0 Å². The monoisotopic (exact) mass is 247 g/mol. The second-order valence-electron chi connectivity index (χ2n) is 4.37. The Morgan fingerprint density at radius 1 is 1.41 bits per heavy atom. The number of anilines is 1. The molecule has 17 heavy (non-hydrogen) atoms. The van der Waals surface area contributed by atoms with Crippen LogP contribution in [-0.4, -0.2) is 24.1 Å². The van der Waals surface area contributed by atoms with E-state index in [9.17, 15) is 0 Å². The number of fused-ring (bicyclic) bond motifs is 1. The molecule has 1 saturated heterocycles. The summed E-state index contributed by atoms with van der Waals surface area (Å²) in [6.07, 6.45) is 2.92. The standard InChI is InChI=1S/C13H14ClN3/c14-12-7-11(17-10-3-5-15-8-10)6-9-2-1-4-16-13(9)12/h1-2,4,6-7,10,15,17H,3,5,8H2. The quantitative estimate of drug-likeness (QED) is 0.857. The molecule has 1 aliphatic rings. The normalized spacial score (nSPS) is 19.7. The van der Waals surface area contributed by atoms with Gasteiger partial charge in [-0.2, -0.15) is 0 Å². The van der Waals surface area contributed by atoms with Gasteiger partial charge in [0.15, 0.2) is 0 Å². The molecule has 0 aliphatic carbocycles. The molecule has 2 aromatic rings. The summed E-state index contributed by atoms with van der Waals surface area (Å²) in [7, 11) is 0. The van der Waals surface area contributed by atoms with E-state index in [0.717, 1.165) is 36.1 Å². The maximum Gasteiger partial charge on any atom is 0.0889 e. The van der Waals surface area contributed by atoms with Crippen molar-refractivity contribution in [3.05, 3.63) is 35.5 Å². The van der Waals surface area contributed by atoms with Gasteiger partial charge >= 0.3 is 0 Å². The molecular formula is C13H14ClN3. The van der Waals surface area contributed by atoms with Crippen molar-refractivity contribution in [3.8, 4) is 0 Å². The second kappa shape index (κ2) is 4.51. The summed E-state index contributed by atoms with van der Waals surface area (Å²) in [6.45, 7) is 2.10. The van der Waals surface area contributed by atoms with E-state index in [-0.39, 0.29) is 0 Å². The van der Waals surface area contributed by atoms with Crippen LogP contribution in [-0.2, 0) is 0 Å². The molecule has 0 amide bonds. The van der Waals surface area contributed by atoms with E-state index in [2.05, 4.69) is 21.7 Å². The molecule has 1 aromatic heterocycles. The third-order valence-corrected chi connectivity index (χ3v) is 3.38. The molecule has 0 radical (unpaired) electrons. The lowest BCUT2D eigenvalue weighted by atomic mass is 10.1. The molecular weight excluding hydrogens is 234 g/mol. The van der Waals surface area contributed by atoms with E-state index in [1.165, 1.54) is 0 Å². The zero-order valence-corrected chi connectivity index (χ0v) is 10.2. The highest BCUT2D eigenvalue weighted by Crippen LogP contribution is 2.26. The van der Waals surface area contributed by atoms with Crippen LogP contribution in [0.1, 0.15) is 6.42 Å². The number of rotatable bonds is 2. The summed E-state index contributed by atoms with van der Waals surface area (Å²) in [5, 5.41) is 8.62. The number of halogens is 1. The zero-order valence-electron chi connectivity index (χ0n) is 9.41. The molecule has 1 unspecified atom stereocenters. The molecule has 0 saturated carbocycles. The van der Waals surface area contributed by atoms with Gasteiger partial charge in [-0.3, -0.25) is 4.98 Å². The predicted octanol–water partition coefficient (Wildman–Crippen LogP) is 2.66. The van der Waals surface area contributed by atoms with Crippen molar-refractivity contribution in [2.75, 3.05) is 18.4 Å². The van der Waals surface area contributed by atoms with E-state index in [4.69, 9.17) is 11.6 Å². The van der Waals surface area contributed by atoms with Crippen LogP contribution >= 0.6 is 11.6 Å². The topological polar surface area (TPSA) is 37.0 Å². The van der Waals surface area contributed by atoms with Gasteiger partial charge < -0.3 is 10.6 Å². The first kappa shape index (κ1) is 10.8. The molecule has 2 heterocycles. The molecule has 3 rings (SSSR count). The van der Waals surface area contributed by atoms with E-state index < -0.39 is 0 Å². The third kappa shape index (κ3) is 2.21. The molecule has 88 valence electrons. The van der Waals surface area contributed by atoms with Gasteiger partial charge in [0, 0.05) is 29.9 Å². The second-order valence-corrected chi connectivity index (χ2v) is 4.77. The smallest absolute Gasteiger partial charge is 0.0889 e. The summed E-state index contributed by atoms with van der Waals surface area (Å²) >= 11 is 6.23. The fraction of sp³-hybridized carbons (Fsp3) is 0.308. The summed E-state index contributed by atoms with van der Waals surface area (Å²) in [6, 6.07) is 8.52. The van der Waals surface area contributed by atoms with Crippen molar-refractivity contribution in [3.63, 3.8) is 0 Å². The van der Waals surface area contributed by atoms with Gasteiger partial charge in [0.2, 0.25) is 0 Å². The highest BCUT2D eigenvalue weighted by Gasteiger charge is 2.14. The number of hydrogen-bond acceptors (Lipinski definition) is 3. The zero-order chi connectivity index (χ0) is 11.7. The first-order valence-corrected chi connectivity index (χ1v) is 6.22. The minimum Gasteiger partial charge on any atom is -0.381 e. The van der Waals surface area contributed by atoms with E-state index >= 15 is 0 Å². The predicted molar refractivity (Wildman–Crippen MR) is 71.7 cm³/mol. The lowest BCUT2D eigenvalue weighted by Gasteiger charge is -2.14. The molecule has 1 atom stereocenters. The van der Waals surface area contributed by atoms with Gasteiger partial charge in [-0.1, -0.05) is 17.7 Å². The third-order valence-electron chi connectivity index (χ3n) is 3.09. The van der Waals surface area contributed by atoms with Crippen LogP contribution in [0.4, 0.5) is 5.69 Å². The Hall–Kier alpha value is -1.32. The van der Waals surface area contributed by atoms with E-state index in [1.54, 1.807) is 6.20 Å². The maximum absolute atomic E-state index is 6.23. The van der Waals surface area contributed by atoms with Crippen LogP contribution < -0.4 is 10.6 Å². The molecule has 1 aliphatic heterocycles. The molecule has 3 nitrogen and oxygen atoms in total. The summed E-state index contributed by atoms with van der Waals surface area (Å²) in [5.74, 6) is 0. The summed E-state index contributed by atoms with van der Waals surface area (Å²) in [5.41, 5.74) is 1.94. The largest absolute Gasteiger partial charge is 0.381 e. The van der Waals surface area contributed by atoms with Crippen molar-refractivity contribution in [1.29, 1.82) is 0 Å². The van der Waals surface area contributed by atoms with Crippen LogP contribution in [0.2, 0.25) is 5.02 Å². The van der Waals surface area contributed by atoms with Crippen LogP contribution in [0, 0.1) is 0 Å². The van der Waals surface area contributed by atoms with Gasteiger partial charge in [-0.15, -0.1) is 0 Å². The van der Waals surface area contributed by atoms with Crippen molar-refractivity contribution in [2.24, 2.45) is 0 Å². The summed E-state index contributed by atoms with van der Waals surface area (Å²) < 4.78 is 0. The molecule has 1 aromatic carbocycles. The Labute approximate surface area is 105 Å². The fourth-order valence-corrected chi connectivity index (χ4v) is 2.52. The first-order chi connectivity index (χ1) is 8.33. The van der Waals surface area contributed by atoms with E-state index in [0.29, 0.717) is 11.1 Å². The van der Waals surface area contributed by atoms with Crippen molar-refractivity contribution in [1.82, 2.24) is 10.3 Å². The van der Waals surface area contributed by atoms with Gasteiger partial charge in [-0.05, 0) is 31.2 Å².